The van der Waals surface area contributed by atoms with Crippen LogP contribution in [-0.2, 0) is 0 Å². The predicted molar refractivity (Wildman–Crippen MR) is 78.3 cm³/mol. The minimum absolute atomic E-state index is 0.406. The van der Waals surface area contributed by atoms with E-state index in [1.807, 2.05) is 6.92 Å². The number of hydrogen-bond acceptors (Lipinski definition) is 6. The van der Waals surface area contributed by atoms with Crippen molar-refractivity contribution in [3.8, 4) is 12.1 Å². The van der Waals surface area contributed by atoms with Crippen LogP contribution in [0.5, 0.6) is 0 Å². The first kappa shape index (κ1) is 13.7. The second-order valence-electron chi connectivity index (χ2n) is 4.21. The van der Waals surface area contributed by atoms with Gasteiger partial charge in [-0.2, -0.15) is 10.5 Å². The van der Waals surface area contributed by atoms with E-state index in [1.165, 1.54) is 11.3 Å². The molecular formula is C14H11N5S. The zero-order valence-corrected chi connectivity index (χ0v) is 11.8. The average Bonchev–Trinajstić information content (AvgIpc) is 2.73. The fourth-order valence-corrected chi connectivity index (χ4v) is 2.57. The molecule has 98 valence electrons. The first-order chi connectivity index (χ1) is 9.56. The van der Waals surface area contributed by atoms with E-state index in [9.17, 15) is 0 Å². The monoisotopic (exact) mass is 281 g/mol. The summed E-state index contributed by atoms with van der Waals surface area (Å²) >= 11 is 1.17. The molecule has 5 nitrogen and oxygen atoms in total. The molecule has 0 atom stereocenters. The number of nitrogens with two attached hydrogens (primary N) is 1. The van der Waals surface area contributed by atoms with Gasteiger partial charge in [0.1, 0.15) is 17.0 Å². The van der Waals surface area contributed by atoms with Crippen molar-refractivity contribution in [2.24, 2.45) is 10.2 Å². The molecule has 6 heteroatoms. The third-order valence-electron chi connectivity index (χ3n) is 2.81. The van der Waals surface area contributed by atoms with Gasteiger partial charge in [-0.3, -0.25) is 0 Å². The SMILES string of the molecule is Cc1cc(N)ccc1/N=N/c1sc(C#N)c(C)c1C#N. The van der Waals surface area contributed by atoms with E-state index in [0.717, 1.165) is 5.56 Å². The summed E-state index contributed by atoms with van der Waals surface area (Å²) in [6.45, 7) is 3.62. The van der Waals surface area contributed by atoms with Gasteiger partial charge >= 0.3 is 0 Å². The van der Waals surface area contributed by atoms with Crippen LogP contribution in [0.25, 0.3) is 0 Å². The topological polar surface area (TPSA) is 98.3 Å². The zero-order valence-electron chi connectivity index (χ0n) is 11.0. The molecule has 2 aromatic rings. The maximum Gasteiger partial charge on any atom is 0.158 e. The molecule has 0 saturated carbocycles. The number of benzene rings is 1. The number of hydrogen-bond donors (Lipinski definition) is 1. The Morgan fingerprint density at radius 2 is 1.90 bits per heavy atom. The Labute approximate surface area is 120 Å². The van der Waals surface area contributed by atoms with Crippen molar-refractivity contribution in [3.63, 3.8) is 0 Å². The molecule has 20 heavy (non-hydrogen) atoms. The van der Waals surface area contributed by atoms with Crippen LogP contribution in [0.1, 0.15) is 21.6 Å². The molecule has 0 unspecified atom stereocenters. The van der Waals surface area contributed by atoms with Gasteiger partial charge in [-0.05, 0) is 43.2 Å². The average molecular weight is 281 g/mol. The van der Waals surface area contributed by atoms with Crippen molar-refractivity contribution in [3.05, 3.63) is 39.8 Å². The Hall–Kier alpha value is -2.70. The maximum atomic E-state index is 9.13. The molecule has 0 fully saturated rings. The summed E-state index contributed by atoms with van der Waals surface area (Å²) in [4.78, 5) is 0.490. The van der Waals surface area contributed by atoms with Gasteiger partial charge in [-0.15, -0.1) is 21.6 Å². The fraction of sp³-hybridized carbons (Fsp3) is 0.143. The molecule has 0 spiro atoms. The normalized spacial score (nSPS) is 10.4. The largest absolute Gasteiger partial charge is 0.399 e. The van der Waals surface area contributed by atoms with Crippen LogP contribution in [-0.4, -0.2) is 0 Å². The van der Waals surface area contributed by atoms with Crippen molar-refractivity contribution in [1.82, 2.24) is 0 Å². The van der Waals surface area contributed by atoms with Gasteiger partial charge in [0.05, 0.1) is 11.3 Å². The van der Waals surface area contributed by atoms with E-state index in [0.29, 0.717) is 32.4 Å². The Morgan fingerprint density at radius 1 is 1.15 bits per heavy atom. The molecule has 0 amide bonds. The molecule has 1 aromatic carbocycles. The quantitative estimate of drug-likeness (QED) is 0.662. The number of rotatable bonds is 2. The van der Waals surface area contributed by atoms with Crippen LogP contribution in [0, 0.1) is 36.5 Å². The zero-order chi connectivity index (χ0) is 14.7. The summed E-state index contributed by atoms with van der Waals surface area (Å²) in [7, 11) is 0. The van der Waals surface area contributed by atoms with Gasteiger partial charge in [-0.25, -0.2) is 0 Å². The maximum absolute atomic E-state index is 9.13. The number of azo groups is 1. The van der Waals surface area contributed by atoms with Crippen molar-refractivity contribution in [1.29, 1.82) is 10.5 Å². The van der Waals surface area contributed by atoms with Crippen LogP contribution < -0.4 is 5.73 Å². The Morgan fingerprint density at radius 3 is 2.50 bits per heavy atom. The van der Waals surface area contributed by atoms with Gasteiger partial charge in [0.25, 0.3) is 0 Å². The third-order valence-corrected chi connectivity index (χ3v) is 3.89. The molecule has 0 saturated heterocycles. The number of nitrogen functional groups attached to an aromatic ring is 1. The van der Waals surface area contributed by atoms with Crippen molar-refractivity contribution in [2.75, 3.05) is 5.73 Å². The van der Waals surface area contributed by atoms with E-state index in [-0.39, 0.29) is 0 Å². The first-order valence-corrected chi connectivity index (χ1v) is 6.60. The van der Waals surface area contributed by atoms with Crippen molar-refractivity contribution >= 4 is 27.7 Å². The van der Waals surface area contributed by atoms with Crippen LogP contribution in [0.4, 0.5) is 16.4 Å². The highest BCUT2D eigenvalue weighted by molar-refractivity contribution is 7.16. The summed E-state index contributed by atoms with van der Waals surface area (Å²) in [5.74, 6) is 0. The smallest absolute Gasteiger partial charge is 0.158 e. The molecule has 0 bridgehead atoms. The summed E-state index contributed by atoms with van der Waals surface area (Å²) in [5, 5.41) is 26.8. The van der Waals surface area contributed by atoms with Gasteiger partial charge in [0, 0.05) is 5.69 Å². The van der Waals surface area contributed by atoms with Gasteiger partial charge in [0.15, 0.2) is 5.00 Å². The number of anilines is 1. The number of nitrogens with zero attached hydrogens (tertiary/aromatic N) is 4. The highest BCUT2D eigenvalue weighted by Gasteiger charge is 2.14. The van der Waals surface area contributed by atoms with Crippen LogP contribution in [0.2, 0.25) is 0 Å². The van der Waals surface area contributed by atoms with E-state index >= 15 is 0 Å². The minimum atomic E-state index is 0.406. The lowest BCUT2D eigenvalue weighted by Gasteiger charge is -1.99. The Bertz CT molecular complexity index is 774. The molecule has 2 N–H and O–H groups in total. The van der Waals surface area contributed by atoms with E-state index in [4.69, 9.17) is 16.3 Å². The molecule has 2 rings (SSSR count). The number of thiophene rings is 1. The molecule has 0 radical (unpaired) electrons. The van der Waals surface area contributed by atoms with Crippen LogP contribution >= 0.6 is 11.3 Å². The van der Waals surface area contributed by atoms with Gasteiger partial charge < -0.3 is 5.73 Å². The second-order valence-corrected chi connectivity index (χ2v) is 5.20. The molecule has 0 aliphatic carbocycles. The molecule has 1 aromatic heterocycles. The molecule has 0 aliphatic heterocycles. The molecule has 0 aliphatic rings. The van der Waals surface area contributed by atoms with Gasteiger partial charge in [0.2, 0.25) is 0 Å². The highest BCUT2D eigenvalue weighted by Crippen LogP contribution is 2.35. The van der Waals surface area contributed by atoms with Crippen molar-refractivity contribution < 1.29 is 0 Å². The van der Waals surface area contributed by atoms with Crippen molar-refractivity contribution in [2.45, 2.75) is 13.8 Å². The van der Waals surface area contributed by atoms with E-state index in [2.05, 4.69) is 22.4 Å². The minimum Gasteiger partial charge on any atom is -0.399 e. The lowest BCUT2D eigenvalue weighted by atomic mass is 10.2. The third kappa shape index (κ3) is 2.51. The summed E-state index contributed by atoms with van der Waals surface area (Å²) in [5.41, 5.74) is 8.99. The number of nitriles is 2. The van der Waals surface area contributed by atoms with E-state index in [1.54, 1.807) is 25.1 Å². The Kier molecular flexibility index (Phi) is 3.79. The summed E-state index contributed by atoms with van der Waals surface area (Å²) < 4.78 is 0. The van der Waals surface area contributed by atoms with E-state index < -0.39 is 0 Å². The summed E-state index contributed by atoms with van der Waals surface area (Å²) in [6, 6.07) is 9.44. The summed E-state index contributed by atoms with van der Waals surface area (Å²) in [6.07, 6.45) is 0. The van der Waals surface area contributed by atoms with Crippen LogP contribution in [0.15, 0.2) is 28.4 Å². The highest BCUT2D eigenvalue weighted by atomic mass is 32.1. The lowest BCUT2D eigenvalue weighted by Crippen LogP contribution is -1.84. The standard InChI is InChI=1S/C14H11N5S/c1-8-5-10(17)3-4-12(8)18-19-14-11(6-15)9(2)13(7-16)20-14/h3-5H,17H2,1-2H3/b19-18+. The molecule has 1 heterocycles. The number of aryl methyl sites for hydroxylation is 1. The first-order valence-electron chi connectivity index (χ1n) is 5.78. The predicted octanol–water partition coefficient (Wildman–Crippen LogP) is 4.11. The second kappa shape index (κ2) is 5.52. The lowest BCUT2D eigenvalue weighted by molar-refractivity contribution is 1.22. The Balaban J connectivity index is 2.42. The fourth-order valence-electron chi connectivity index (χ4n) is 1.70. The van der Waals surface area contributed by atoms with Crippen LogP contribution in [0.3, 0.4) is 0 Å². The molecular weight excluding hydrogens is 270 g/mol. The van der Waals surface area contributed by atoms with Gasteiger partial charge in [-0.1, -0.05) is 0 Å².